The van der Waals surface area contributed by atoms with Gasteiger partial charge in [0.1, 0.15) is 12.1 Å². The van der Waals surface area contributed by atoms with Crippen LogP contribution in [0.1, 0.15) is 18.4 Å². The molecule has 1 saturated heterocycles. The average molecular weight is 316 g/mol. The van der Waals surface area contributed by atoms with Crippen molar-refractivity contribution < 1.29 is 9.53 Å². The van der Waals surface area contributed by atoms with Crippen molar-refractivity contribution in [3.63, 3.8) is 0 Å². The molecule has 8 heteroatoms. The van der Waals surface area contributed by atoms with E-state index >= 15 is 0 Å². The van der Waals surface area contributed by atoms with Crippen LogP contribution < -0.4 is 15.4 Å². The van der Waals surface area contributed by atoms with E-state index in [4.69, 9.17) is 10.5 Å². The molecule has 8 nitrogen and oxygen atoms in total. The zero-order chi connectivity index (χ0) is 16.4. The largest absolute Gasteiger partial charge is 0.478 e. The summed E-state index contributed by atoms with van der Waals surface area (Å²) in [6.07, 6.45) is 5.18. The van der Waals surface area contributed by atoms with Crippen molar-refractivity contribution in [2.75, 3.05) is 24.6 Å². The summed E-state index contributed by atoms with van der Waals surface area (Å²) in [5.74, 6) is 0.691. The summed E-state index contributed by atoms with van der Waals surface area (Å²) in [5.41, 5.74) is 6.61. The Kier molecular flexibility index (Phi) is 4.14. The summed E-state index contributed by atoms with van der Waals surface area (Å²) in [4.78, 5) is 22.3. The number of aryl methyl sites for hydroxylation is 1. The third kappa shape index (κ3) is 3.10. The summed E-state index contributed by atoms with van der Waals surface area (Å²) in [6, 6.07) is 1.78. The molecule has 1 fully saturated rings. The predicted molar refractivity (Wildman–Crippen MR) is 84.0 cm³/mol. The monoisotopic (exact) mass is 316 g/mol. The van der Waals surface area contributed by atoms with Crippen LogP contribution in [0, 0.1) is 5.92 Å². The van der Waals surface area contributed by atoms with Crippen molar-refractivity contribution in [3.8, 4) is 5.88 Å². The van der Waals surface area contributed by atoms with Crippen molar-refractivity contribution >= 4 is 11.7 Å². The first-order valence-corrected chi connectivity index (χ1v) is 7.56. The van der Waals surface area contributed by atoms with Gasteiger partial charge in [-0.2, -0.15) is 5.10 Å². The van der Waals surface area contributed by atoms with E-state index in [-0.39, 0.29) is 17.7 Å². The number of carbonyl (C=O) groups is 1. The Morgan fingerprint density at radius 2 is 2.26 bits per heavy atom. The summed E-state index contributed by atoms with van der Waals surface area (Å²) in [6.45, 7) is 3.62. The number of rotatable bonds is 5. The third-order valence-corrected chi connectivity index (χ3v) is 4.08. The fourth-order valence-corrected chi connectivity index (χ4v) is 2.98. The van der Waals surface area contributed by atoms with E-state index in [9.17, 15) is 4.79 Å². The Morgan fingerprint density at radius 3 is 2.91 bits per heavy atom. The number of amides is 1. The van der Waals surface area contributed by atoms with Crippen LogP contribution in [-0.4, -0.2) is 45.4 Å². The number of ether oxygens (including phenoxy) is 1. The summed E-state index contributed by atoms with van der Waals surface area (Å²) >= 11 is 0. The molecule has 2 N–H and O–H groups in total. The van der Waals surface area contributed by atoms with E-state index < -0.39 is 0 Å². The van der Waals surface area contributed by atoms with Gasteiger partial charge in [-0.1, -0.05) is 0 Å². The Balaban J connectivity index is 1.85. The van der Waals surface area contributed by atoms with Gasteiger partial charge in [-0.05, 0) is 12.5 Å². The van der Waals surface area contributed by atoms with Gasteiger partial charge in [0.05, 0.1) is 18.7 Å². The fourth-order valence-electron chi connectivity index (χ4n) is 2.98. The minimum atomic E-state index is -0.305. The van der Waals surface area contributed by atoms with Crippen LogP contribution in [0.15, 0.2) is 24.8 Å². The third-order valence-electron chi connectivity index (χ3n) is 4.08. The molecule has 23 heavy (non-hydrogen) atoms. The van der Waals surface area contributed by atoms with Gasteiger partial charge in [0.25, 0.3) is 0 Å². The molecule has 122 valence electrons. The van der Waals surface area contributed by atoms with E-state index in [0.29, 0.717) is 25.6 Å². The standard InChI is InChI=1S/C15H20N6O2/c1-3-23-14-4-13(17-9-18-14)21-7-11(12(8-21)15(16)22)10-5-19-20(2)6-10/h4-6,9,11-12H,3,7-8H2,1-2H3,(H2,16,22)/t11-,12+/m1/s1. The van der Waals surface area contributed by atoms with Gasteiger partial charge in [0.15, 0.2) is 0 Å². The quantitative estimate of drug-likeness (QED) is 0.852. The normalized spacial score (nSPS) is 20.7. The summed E-state index contributed by atoms with van der Waals surface area (Å²) in [7, 11) is 1.86. The number of primary amides is 1. The van der Waals surface area contributed by atoms with Crippen LogP contribution in [0.25, 0.3) is 0 Å². The number of nitrogens with two attached hydrogens (primary N) is 1. The minimum Gasteiger partial charge on any atom is -0.478 e. The van der Waals surface area contributed by atoms with Gasteiger partial charge in [-0.15, -0.1) is 0 Å². The number of hydrogen-bond donors (Lipinski definition) is 1. The lowest BCUT2D eigenvalue weighted by Crippen LogP contribution is -2.29. The average Bonchev–Trinajstić information content (AvgIpc) is 3.14. The first-order valence-electron chi connectivity index (χ1n) is 7.56. The van der Waals surface area contributed by atoms with E-state index in [1.54, 1.807) is 16.9 Å². The first-order chi connectivity index (χ1) is 11.1. The maximum Gasteiger partial charge on any atom is 0.223 e. The molecule has 0 aromatic carbocycles. The highest BCUT2D eigenvalue weighted by Gasteiger charge is 2.38. The van der Waals surface area contributed by atoms with Crippen LogP contribution in [0.3, 0.4) is 0 Å². The van der Waals surface area contributed by atoms with Crippen molar-refractivity contribution in [1.29, 1.82) is 0 Å². The van der Waals surface area contributed by atoms with Crippen molar-refractivity contribution in [1.82, 2.24) is 19.7 Å². The molecule has 3 heterocycles. The van der Waals surface area contributed by atoms with Crippen LogP contribution in [-0.2, 0) is 11.8 Å². The molecule has 2 aromatic rings. The fraction of sp³-hybridized carbons (Fsp3) is 0.467. The lowest BCUT2D eigenvalue weighted by Gasteiger charge is -2.17. The zero-order valence-corrected chi connectivity index (χ0v) is 13.2. The number of carbonyl (C=O) groups excluding carboxylic acids is 1. The molecule has 1 aliphatic heterocycles. The van der Waals surface area contributed by atoms with Crippen LogP contribution >= 0.6 is 0 Å². The molecule has 0 saturated carbocycles. The molecule has 0 radical (unpaired) electrons. The van der Waals surface area contributed by atoms with E-state index in [1.165, 1.54) is 6.33 Å². The van der Waals surface area contributed by atoms with Crippen molar-refractivity contribution in [3.05, 3.63) is 30.4 Å². The number of aromatic nitrogens is 4. The maximum atomic E-state index is 11.8. The molecular weight excluding hydrogens is 296 g/mol. The topological polar surface area (TPSA) is 99.2 Å². The second kappa shape index (κ2) is 6.23. The lowest BCUT2D eigenvalue weighted by molar-refractivity contribution is -0.121. The molecule has 3 rings (SSSR count). The minimum absolute atomic E-state index is 0.00621. The summed E-state index contributed by atoms with van der Waals surface area (Å²) in [5, 5.41) is 4.19. The Morgan fingerprint density at radius 1 is 1.43 bits per heavy atom. The second-order valence-electron chi connectivity index (χ2n) is 5.62. The van der Waals surface area contributed by atoms with Gasteiger partial charge in [-0.3, -0.25) is 9.48 Å². The number of nitrogens with zero attached hydrogens (tertiary/aromatic N) is 5. The number of anilines is 1. The molecule has 0 unspecified atom stereocenters. The lowest BCUT2D eigenvalue weighted by atomic mass is 9.90. The van der Waals surface area contributed by atoms with Gasteiger partial charge >= 0.3 is 0 Å². The Labute approximate surface area is 134 Å². The molecule has 1 aliphatic rings. The first kappa shape index (κ1) is 15.3. The molecule has 0 bridgehead atoms. The maximum absolute atomic E-state index is 11.8. The van der Waals surface area contributed by atoms with E-state index in [1.807, 2.05) is 25.1 Å². The highest BCUT2D eigenvalue weighted by atomic mass is 16.5. The van der Waals surface area contributed by atoms with Crippen molar-refractivity contribution in [2.24, 2.45) is 18.7 Å². The Bertz CT molecular complexity index is 701. The SMILES string of the molecule is CCOc1cc(N2C[C@H](C(N)=O)[C@@H](c3cnn(C)c3)C2)ncn1. The molecule has 0 aliphatic carbocycles. The van der Waals surface area contributed by atoms with Crippen LogP contribution in [0.4, 0.5) is 5.82 Å². The highest BCUT2D eigenvalue weighted by molar-refractivity contribution is 5.79. The van der Waals surface area contributed by atoms with Gasteiger partial charge < -0.3 is 15.4 Å². The van der Waals surface area contributed by atoms with Gasteiger partial charge in [-0.25, -0.2) is 9.97 Å². The molecular formula is C15H20N6O2. The molecule has 1 amide bonds. The van der Waals surface area contributed by atoms with Crippen LogP contribution in [0.5, 0.6) is 5.88 Å². The van der Waals surface area contributed by atoms with Crippen LogP contribution in [0.2, 0.25) is 0 Å². The summed E-state index contributed by atoms with van der Waals surface area (Å²) < 4.78 is 7.14. The Hall–Kier alpha value is -2.64. The molecule has 2 aromatic heterocycles. The zero-order valence-electron chi connectivity index (χ0n) is 13.2. The number of hydrogen-bond acceptors (Lipinski definition) is 6. The molecule has 0 spiro atoms. The van der Waals surface area contributed by atoms with Gasteiger partial charge in [0.2, 0.25) is 11.8 Å². The van der Waals surface area contributed by atoms with E-state index in [2.05, 4.69) is 15.1 Å². The van der Waals surface area contributed by atoms with Gasteiger partial charge in [0, 0.05) is 38.3 Å². The second-order valence-corrected chi connectivity index (χ2v) is 5.62. The molecule has 2 atom stereocenters. The predicted octanol–water partition coefficient (Wildman–Crippen LogP) is 0.314. The van der Waals surface area contributed by atoms with E-state index in [0.717, 1.165) is 11.4 Å². The smallest absolute Gasteiger partial charge is 0.223 e. The van der Waals surface area contributed by atoms with Crippen molar-refractivity contribution in [2.45, 2.75) is 12.8 Å². The highest BCUT2D eigenvalue weighted by Crippen LogP contribution is 2.34.